The predicted octanol–water partition coefficient (Wildman–Crippen LogP) is 4.46. The van der Waals surface area contributed by atoms with Crippen molar-refractivity contribution in [2.45, 2.75) is 13.3 Å². The molecule has 0 fully saturated rings. The normalized spacial score (nSPS) is 15.5. The molecule has 0 spiro atoms. The topological polar surface area (TPSA) is 88.1 Å². The number of amides is 3. The summed E-state index contributed by atoms with van der Waals surface area (Å²) in [7, 11) is 1.53. The first kappa shape index (κ1) is 24.2. The number of aryl methyl sites for hydroxylation is 1. The van der Waals surface area contributed by atoms with E-state index in [0.717, 1.165) is 22.9 Å². The molecule has 1 aliphatic heterocycles. The minimum atomic E-state index is -0.927. The smallest absolute Gasteiger partial charge is 0.261 e. The molecule has 1 heterocycles. The predicted molar refractivity (Wildman–Crippen MR) is 139 cm³/mol. The highest BCUT2D eigenvalue weighted by atomic mass is 32.2. The Morgan fingerprint density at radius 3 is 2.43 bits per heavy atom. The van der Waals surface area contributed by atoms with Crippen molar-refractivity contribution in [3.05, 3.63) is 90.0 Å². The lowest BCUT2D eigenvalue weighted by Gasteiger charge is -2.31. The van der Waals surface area contributed by atoms with Crippen molar-refractivity contribution in [2.75, 3.05) is 23.1 Å². The van der Waals surface area contributed by atoms with Crippen molar-refractivity contribution in [1.82, 2.24) is 0 Å². The first-order valence-corrected chi connectivity index (χ1v) is 12.1. The second-order valence-electron chi connectivity index (χ2n) is 7.97. The minimum Gasteiger partial charge on any atom is -0.495 e. The number of hydrogen-bond donors (Lipinski definition) is 1. The van der Waals surface area contributed by atoms with Crippen molar-refractivity contribution in [3.8, 4) is 5.75 Å². The largest absolute Gasteiger partial charge is 0.495 e. The zero-order valence-corrected chi connectivity index (χ0v) is 20.2. The van der Waals surface area contributed by atoms with Crippen LogP contribution in [-0.4, -0.2) is 35.8 Å². The minimum absolute atomic E-state index is 0.0385. The van der Waals surface area contributed by atoms with Crippen molar-refractivity contribution in [1.29, 1.82) is 0 Å². The number of rotatable bonds is 7. The number of nitrogens with one attached hydrogen (secondary N) is 1. The number of aliphatic imine (C=N–C) groups is 1. The summed E-state index contributed by atoms with van der Waals surface area (Å²) in [4.78, 5) is 44.9. The molecule has 4 rings (SSSR count). The SMILES string of the molecule is COc1ccccc1NC(=O)CSC1=NC(=O)C(Cc2ccccc2)C(=O)N1c1ccccc1C. The molecule has 8 heteroatoms. The quantitative estimate of drug-likeness (QED) is 0.497. The Morgan fingerprint density at radius 1 is 1.00 bits per heavy atom. The van der Waals surface area contributed by atoms with Crippen LogP contribution in [0.5, 0.6) is 5.75 Å². The van der Waals surface area contributed by atoms with Gasteiger partial charge in [-0.25, -0.2) is 0 Å². The molecule has 0 bridgehead atoms. The average molecular weight is 488 g/mol. The molecule has 0 aromatic heterocycles. The van der Waals surface area contributed by atoms with Crippen LogP contribution < -0.4 is 15.0 Å². The van der Waals surface area contributed by atoms with Crippen molar-refractivity contribution < 1.29 is 19.1 Å². The van der Waals surface area contributed by atoms with E-state index in [1.54, 1.807) is 18.2 Å². The molecule has 0 aliphatic carbocycles. The third kappa shape index (κ3) is 5.60. The number of carbonyl (C=O) groups excluding carboxylic acids is 3. The molecule has 35 heavy (non-hydrogen) atoms. The number of nitrogens with zero attached hydrogens (tertiary/aromatic N) is 2. The number of thioether (sulfide) groups is 1. The standard InChI is InChI=1S/C27H25N3O4S/c1-18-10-6-8-14-22(18)30-26(33)20(16-19-11-4-3-5-12-19)25(32)29-27(30)35-17-24(31)28-21-13-7-9-15-23(21)34-2/h3-15,20H,16-17H2,1-2H3,(H,28,31). The van der Waals surface area contributed by atoms with E-state index in [-0.39, 0.29) is 29.2 Å². The highest BCUT2D eigenvalue weighted by Crippen LogP contribution is 2.30. The third-order valence-corrected chi connectivity index (χ3v) is 6.50. The Balaban J connectivity index is 1.58. The van der Waals surface area contributed by atoms with Crippen LogP contribution >= 0.6 is 11.8 Å². The monoisotopic (exact) mass is 487 g/mol. The average Bonchev–Trinajstić information content (AvgIpc) is 2.87. The molecule has 0 radical (unpaired) electrons. The molecular formula is C27H25N3O4S. The van der Waals surface area contributed by atoms with Gasteiger partial charge in [-0.05, 0) is 42.7 Å². The molecule has 3 aromatic carbocycles. The fourth-order valence-corrected chi connectivity index (χ4v) is 4.60. The van der Waals surface area contributed by atoms with Crippen LogP contribution in [-0.2, 0) is 20.8 Å². The highest BCUT2D eigenvalue weighted by Gasteiger charge is 2.39. The Morgan fingerprint density at radius 2 is 1.69 bits per heavy atom. The molecule has 1 atom stereocenters. The van der Waals surface area contributed by atoms with Gasteiger partial charge in [0.15, 0.2) is 5.17 Å². The van der Waals surface area contributed by atoms with Crippen molar-refractivity contribution in [2.24, 2.45) is 10.9 Å². The second kappa shape index (κ2) is 11.0. The van der Waals surface area contributed by atoms with Gasteiger partial charge in [-0.3, -0.25) is 19.3 Å². The Hall–Kier alpha value is -3.91. The zero-order chi connectivity index (χ0) is 24.8. The number of para-hydroxylation sites is 3. The van der Waals surface area contributed by atoms with Crippen LogP contribution in [0.15, 0.2) is 83.9 Å². The van der Waals surface area contributed by atoms with Gasteiger partial charge in [0.05, 0.1) is 24.2 Å². The number of methoxy groups -OCH3 is 1. The van der Waals surface area contributed by atoms with Crippen LogP contribution in [0, 0.1) is 12.8 Å². The van der Waals surface area contributed by atoms with Crippen LogP contribution in [0.3, 0.4) is 0 Å². The number of ether oxygens (including phenoxy) is 1. The zero-order valence-electron chi connectivity index (χ0n) is 19.4. The van der Waals surface area contributed by atoms with Crippen LogP contribution in [0.1, 0.15) is 11.1 Å². The molecule has 3 aromatic rings. The first-order valence-electron chi connectivity index (χ1n) is 11.1. The van der Waals surface area contributed by atoms with Gasteiger partial charge in [-0.2, -0.15) is 4.99 Å². The molecular weight excluding hydrogens is 462 g/mol. The molecule has 0 saturated carbocycles. The summed E-state index contributed by atoms with van der Waals surface area (Å²) >= 11 is 1.05. The molecule has 178 valence electrons. The fourth-order valence-electron chi connectivity index (χ4n) is 3.80. The summed E-state index contributed by atoms with van der Waals surface area (Å²) < 4.78 is 5.27. The molecule has 3 amide bonds. The molecule has 1 N–H and O–H groups in total. The number of carbonyl (C=O) groups is 3. The van der Waals surface area contributed by atoms with Gasteiger partial charge in [-0.15, -0.1) is 0 Å². The van der Waals surface area contributed by atoms with E-state index in [1.807, 2.05) is 67.6 Å². The van der Waals surface area contributed by atoms with E-state index in [2.05, 4.69) is 10.3 Å². The van der Waals surface area contributed by atoms with Gasteiger partial charge < -0.3 is 10.1 Å². The molecule has 1 aliphatic rings. The molecule has 1 unspecified atom stereocenters. The molecule has 0 saturated heterocycles. The maximum Gasteiger partial charge on any atom is 0.261 e. The van der Waals surface area contributed by atoms with Gasteiger partial charge in [-0.1, -0.05) is 72.4 Å². The summed E-state index contributed by atoms with van der Waals surface area (Å²) in [6.07, 6.45) is 0.261. The van der Waals surface area contributed by atoms with Gasteiger partial charge in [0.2, 0.25) is 11.8 Å². The lowest BCUT2D eigenvalue weighted by Crippen LogP contribution is -2.48. The van der Waals surface area contributed by atoms with E-state index in [4.69, 9.17) is 4.74 Å². The summed E-state index contributed by atoms with van der Waals surface area (Å²) in [6, 6.07) is 23.9. The number of anilines is 2. The number of hydrogen-bond acceptors (Lipinski definition) is 5. The van der Waals surface area contributed by atoms with Crippen LogP contribution in [0.4, 0.5) is 11.4 Å². The first-order chi connectivity index (χ1) is 17.0. The third-order valence-electron chi connectivity index (χ3n) is 5.57. The Bertz CT molecular complexity index is 1280. The van der Waals surface area contributed by atoms with Crippen molar-refractivity contribution >= 4 is 46.0 Å². The second-order valence-corrected chi connectivity index (χ2v) is 8.91. The molecule has 7 nitrogen and oxygen atoms in total. The van der Waals surface area contributed by atoms with E-state index >= 15 is 0 Å². The van der Waals surface area contributed by atoms with E-state index in [9.17, 15) is 14.4 Å². The number of amidine groups is 1. The lowest BCUT2D eigenvalue weighted by atomic mass is 9.96. The fraction of sp³-hybridized carbons (Fsp3) is 0.185. The summed E-state index contributed by atoms with van der Waals surface area (Å²) in [5.74, 6) is -1.59. The van der Waals surface area contributed by atoms with E-state index in [1.165, 1.54) is 12.0 Å². The van der Waals surface area contributed by atoms with Gasteiger partial charge in [0.1, 0.15) is 11.7 Å². The van der Waals surface area contributed by atoms with Crippen LogP contribution in [0.2, 0.25) is 0 Å². The highest BCUT2D eigenvalue weighted by molar-refractivity contribution is 8.14. The van der Waals surface area contributed by atoms with Crippen molar-refractivity contribution in [3.63, 3.8) is 0 Å². The summed E-state index contributed by atoms with van der Waals surface area (Å²) in [6.45, 7) is 1.89. The number of benzene rings is 3. The summed E-state index contributed by atoms with van der Waals surface area (Å²) in [5, 5.41) is 2.99. The van der Waals surface area contributed by atoms with Gasteiger partial charge in [0, 0.05) is 0 Å². The van der Waals surface area contributed by atoms with E-state index < -0.39 is 11.8 Å². The van der Waals surface area contributed by atoms with Crippen LogP contribution in [0.25, 0.3) is 0 Å². The van der Waals surface area contributed by atoms with Gasteiger partial charge in [0.25, 0.3) is 5.91 Å². The van der Waals surface area contributed by atoms with E-state index in [0.29, 0.717) is 17.1 Å². The summed E-state index contributed by atoms with van der Waals surface area (Å²) in [5.41, 5.74) is 2.92. The Kier molecular flexibility index (Phi) is 7.62. The Labute approximate surface area is 208 Å². The van der Waals surface area contributed by atoms with Gasteiger partial charge >= 0.3 is 0 Å². The maximum atomic E-state index is 13.6. The lowest BCUT2D eigenvalue weighted by molar-refractivity contribution is -0.132. The maximum absolute atomic E-state index is 13.6.